The van der Waals surface area contributed by atoms with Crippen LogP contribution in [0.2, 0.25) is 0 Å². The minimum Gasteiger partial charge on any atom is -0.306 e. The summed E-state index contributed by atoms with van der Waals surface area (Å²) in [4.78, 5) is 21.2. The average Bonchev–Trinajstić information content (AvgIpc) is 3.29. The number of carbonyl (C=O) groups is 1. The van der Waals surface area contributed by atoms with Gasteiger partial charge in [0.05, 0.1) is 17.5 Å². The Balaban J connectivity index is 1.65. The molecule has 0 bridgehead atoms. The van der Waals surface area contributed by atoms with Crippen LogP contribution in [0.4, 0.5) is 14.6 Å². The van der Waals surface area contributed by atoms with Gasteiger partial charge >= 0.3 is 0 Å². The number of aryl methyl sites for hydroxylation is 1. The number of amides is 1. The van der Waals surface area contributed by atoms with Gasteiger partial charge in [-0.15, -0.1) is 11.3 Å². The van der Waals surface area contributed by atoms with E-state index in [0.29, 0.717) is 22.5 Å². The Kier molecular flexibility index (Phi) is 4.70. The zero-order valence-corrected chi connectivity index (χ0v) is 15.5. The van der Waals surface area contributed by atoms with Crippen molar-refractivity contribution >= 4 is 23.1 Å². The van der Waals surface area contributed by atoms with Crippen LogP contribution < -0.4 is 5.32 Å². The Morgan fingerprint density at radius 1 is 1.11 bits per heavy atom. The lowest BCUT2D eigenvalue weighted by Crippen LogP contribution is -2.16. The second-order valence-corrected chi connectivity index (χ2v) is 6.82. The number of hydrogen-bond acceptors (Lipinski definition) is 4. The fourth-order valence-corrected chi connectivity index (χ4v) is 3.62. The van der Waals surface area contributed by atoms with Crippen molar-refractivity contribution in [1.29, 1.82) is 0 Å². The summed E-state index contributed by atoms with van der Waals surface area (Å²) in [5.41, 5.74) is 1.40. The van der Waals surface area contributed by atoms with Gasteiger partial charge in [-0.25, -0.2) is 18.7 Å². The predicted octanol–water partition coefficient (Wildman–Crippen LogP) is 4.83. The standard InChI is InChI=1S/C20H14F2N4OS/c1-12-23-10-18(25-19(27)15-4-2-3-5-16(15)22)26(12)20-24-17(11-28-20)13-6-8-14(21)9-7-13/h2-11H,1H3,(H,25,27). The van der Waals surface area contributed by atoms with Crippen molar-refractivity contribution in [1.82, 2.24) is 14.5 Å². The summed E-state index contributed by atoms with van der Waals surface area (Å²) in [7, 11) is 0. The van der Waals surface area contributed by atoms with Gasteiger partial charge < -0.3 is 5.32 Å². The van der Waals surface area contributed by atoms with Gasteiger partial charge in [0.1, 0.15) is 23.3 Å². The third-order valence-electron chi connectivity index (χ3n) is 4.12. The van der Waals surface area contributed by atoms with E-state index in [1.807, 2.05) is 5.38 Å². The van der Waals surface area contributed by atoms with Crippen LogP contribution in [-0.2, 0) is 0 Å². The highest BCUT2D eigenvalue weighted by Crippen LogP contribution is 2.27. The van der Waals surface area contributed by atoms with E-state index >= 15 is 0 Å². The maximum atomic E-state index is 13.9. The third-order valence-corrected chi connectivity index (χ3v) is 4.95. The molecule has 0 saturated heterocycles. The molecule has 5 nitrogen and oxygen atoms in total. The van der Waals surface area contributed by atoms with E-state index in [1.165, 1.54) is 47.9 Å². The van der Waals surface area contributed by atoms with Gasteiger partial charge in [-0.05, 0) is 43.3 Å². The molecule has 2 heterocycles. The monoisotopic (exact) mass is 396 g/mol. The molecular formula is C20H14F2N4OS. The number of imidazole rings is 1. The molecule has 0 atom stereocenters. The number of hydrogen-bond donors (Lipinski definition) is 1. The summed E-state index contributed by atoms with van der Waals surface area (Å²) in [5, 5.41) is 5.10. The molecule has 0 aliphatic carbocycles. The molecule has 2 aromatic carbocycles. The lowest BCUT2D eigenvalue weighted by atomic mass is 10.2. The van der Waals surface area contributed by atoms with E-state index in [4.69, 9.17) is 0 Å². The van der Waals surface area contributed by atoms with Gasteiger partial charge in [0.15, 0.2) is 5.13 Å². The highest BCUT2D eigenvalue weighted by Gasteiger charge is 2.17. The van der Waals surface area contributed by atoms with Crippen LogP contribution in [0.5, 0.6) is 0 Å². The molecule has 0 spiro atoms. The van der Waals surface area contributed by atoms with E-state index in [1.54, 1.807) is 29.7 Å². The van der Waals surface area contributed by atoms with Crippen molar-refractivity contribution in [2.24, 2.45) is 0 Å². The van der Waals surface area contributed by atoms with E-state index in [0.717, 1.165) is 5.56 Å². The first-order chi connectivity index (χ1) is 13.5. The van der Waals surface area contributed by atoms with Crippen molar-refractivity contribution in [2.75, 3.05) is 5.32 Å². The fourth-order valence-electron chi connectivity index (χ4n) is 2.72. The molecule has 1 amide bonds. The first-order valence-electron chi connectivity index (χ1n) is 8.35. The van der Waals surface area contributed by atoms with Crippen LogP contribution in [0, 0.1) is 18.6 Å². The number of anilines is 1. The maximum absolute atomic E-state index is 13.9. The average molecular weight is 396 g/mol. The number of carbonyl (C=O) groups excluding carboxylic acids is 1. The minimum absolute atomic E-state index is 0.0564. The zero-order valence-electron chi connectivity index (χ0n) is 14.7. The molecule has 140 valence electrons. The van der Waals surface area contributed by atoms with E-state index in [9.17, 15) is 13.6 Å². The topological polar surface area (TPSA) is 59.8 Å². The van der Waals surface area contributed by atoms with Crippen LogP contribution in [0.3, 0.4) is 0 Å². The Morgan fingerprint density at radius 3 is 2.61 bits per heavy atom. The molecule has 0 radical (unpaired) electrons. The van der Waals surface area contributed by atoms with Crippen molar-refractivity contribution in [2.45, 2.75) is 6.92 Å². The lowest BCUT2D eigenvalue weighted by Gasteiger charge is -2.09. The van der Waals surface area contributed by atoms with Crippen molar-refractivity contribution in [3.05, 3.63) is 83.1 Å². The smallest absolute Gasteiger partial charge is 0.259 e. The molecular weight excluding hydrogens is 382 g/mol. The number of thiazole rings is 1. The SMILES string of the molecule is Cc1ncc(NC(=O)c2ccccc2F)n1-c1nc(-c2ccc(F)cc2)cs1. The van der Waals surface area contributed by atoms with Gasteiger partial charge in [0.25, 0.3) is 5.91 Å². The zero-order chi connectivity index (χ0) is 19.7. The molecule has 28 heavy (non-hydrogen) atoms. The number of nitrogens with one attached hydrogen (secondary N) is 1. The molecule has 4 rings (SSSR count). The molecule has 0 unspecified atom stereocenters. The Hall–Kier alpha value is -3.39. The number of benzene rings is 2. The summed E-state index contributed by atoms with van der Waals surface area (Å²) < 4.78 is 28.7. The Morgan fingerprint density at radius 2 is 1.86 bits per heavy atom. The fraction of sp³-hybridized carbons (Fsp3) is 0.0500. The van der Waals surface area contributed by atoms with Gasteiger partial charge in [0.2, 0.25) is 0 Å². The molecule has 8 heteroatoms. The molecule has 2 aromatic heterocycles. The number of aromatic nitrogens is 3. The molecule has 4 aromatic rings. The maximum Gasteiger partial charge on any atom is 0.259 e. The van der Waals surface area contributed by atoms with Gasteiger partial charge in [-0.2, -0.15) is 0 Å². The van der Waals surface area contributed by atoms with Gasteiger partial charge in [-0.1, -0.05) is 12.1 Å². The second-order valence-electron chi connectivity index (χ2n) is 5.98. The van der Waals surface area contributed by atoms with E-state index in [2.05, 4.69) is 15.3 Å². The first-order valence-corrected chi connectivity index (χ1v) is 9.23. The summed E-state index contributed by atoms with van der Waals surface area (Å²) in [6, 6.07) is 11.8. The Labute approximate surface area is 163 Å². The van der Waals surface area contributed by atoms with Crippen molar-refractivity contribution in [3.63, 3.8) is 0 Å². The summed E-state index contributed by atoms with van der Waals surface area (Å²) in [6.07, 6.45) is 1.49. The van der Waals surface area contributed by atoms with Gasteiger partial charge in [0, 0.05) is 10.9 Å². The van der Waals surface area contributed by atoms with Crippen LogP contribution in [0.25, 0.3) is 16.4 Å². The summed E-state index contributed by atoms with van der Waals surface area (Å²) in [6.45, 7) is 1.78. The molecule has 0 fully saturated rings. The molecule has 0 aliphatic rings. The van der Waals surface area contributed by atoms with Crippen molar-refractivity contribution in [3.8, 4) is 16.4 Å². The molecule has 1 N–H and O–H groups in total. The largest absolute Gasteiger partial charge is 0.306 e. The first kappa shape index (κ1) is 18.0. The number of rotatable bonds is 4. The number of halogens is 2. The van der Waals surface area contributed by atoms with E-state index in [-0.39, 0.29) is 11.4 Å². The Bertz CT molecular complexity index is 1150. The van der Waals surface area contributed by atoms with E-state index < -0.39 is 11.7 Å². The predicted molar refractivity (Wildman–Crippen MR) is 104 cm³/mol. The van der Waals surface area contributed by atoms with Crippen LogP contribution in [-0.4, -0.2) is 20.4 Å². The molecule has 0 aliphatic heterocycles. The summed E-state index contributed by atoms with van der Waals surface area (Å²) >= 11 is 1.35. The minimum atomic E-state index is -0.601. The highest BCUT2D eigenvalue weighted by molar-refractivity contribution is 7.12. The highest BCUT2D eigenvalue weighted by atomic mass is 32.1. The lowest BCUT2D eigenvalue weighted by molar-refractivity contribution is 0.102. The quantitative estimate of drug-likeness (QED) is 0.537. The van der Waals surface area contributed by atoms with Crippen molar-refractivity contribution < 1.29 is 13.6 Å². The van der Waals surface area contributed by atoms with Crippen LogP contribution in [0.15, 0.2) is 60.1 Å². The second kappa shape index (κ2) is 7.32. The van der Waals surface area contributed by atoms with Crippen LogP contribution >= 0.6 is 11.3 Å². The normalized spacial score (nSPS) is 10.8. The number of nitrogens with zero attached hydrogens (tertiary/aromatic N) is 3. The molecule has 0 saturated carbocycles. The summed E-state index contributed by atoms with van der Waals surface area (Å²) in [5.74, 6) is -0.498. The third kappa shape index (κ3) is 3.41. The van der Waals surface area contributed by atoms with Crippen LogP contribution in [0.1, 0.15) is 16.2 Å². The van der Waals surface area contributed by atoms with Gasteiger partial charge in [-0.3, -0.25) is 9.36 Å².